The van der Waals surface area contributed by atoms with E-state index in [2.05, 4.69) is 15.6 Å². The summed E-state index contributed by atoms with van der Waals surface area (Å²) in [4.78, 5) is 18.2. The van der Waals surface area contributed by atoms with Crippen LogP contribution in [0.15, 0.2) is 71.5 Å². The maximum absolute atomic E-state index is 12.7. The quantitative estimate of drug-likeness (QED) is 0.369. The lowest BCUT2D eigenvalue weighted by Crippen LogP contribution is -2.17. The number of benzene rings is 1. The summed E-state index contributed by atoms with van der Waals surface area (Å²) < 4.78 is 16.5. The average molecular weight is 450 g/mol. The van der Waals surface area contributed by atoms with Gasteiger partial charge in [-0.25, -0.2) is 4.98 Å². The summed E-state index contributed by atoms with van der Waals surface area (Å²) in [6, 6.07) is 16.4. The van der Waals surface area contributed by atoms with E-state index in [1.54, 1.807) is 32.5 Å². The molecule has 0 saturated heterocycles. The van der Waals surface area contributed by atoms with Gasteiger partial charge in [0.25, 0.3) is 5.91 Å². The first-order chi connectivity index (χ1) is 15.6. The van der Waals surface area contributed by atoms with Crippen LogP contribution in [0.25, 0.3) is 0 Å². The Bertz CT molecular complexity index is 1190. The molecule has 4 aromatic rings. The molecule has 0 aliphatic heterocycles. The van der Waals surface area contributed by atoms with Crippen LogP contribution in [0.5, 0.6) is 11.5 Å². The third-order valence-corrected chi connectivity index (χ3v) is 5.85. The topological polar surface area (TPSA) is 85.6 Å². The number of anilines is 2. The lowest BCUT2D eigenvalue weighted by Gasteiger charge is -2.23. The van der Waals surface area contributed by atoms with Crippen LogP contribution in [0.3, 0.4) is 0 Å². The zero-order valence-electron chi connectivity index (χ0n) is 17.9. The van der Waals surface area contributed by atoms with Gasteiger partial charge in [0.15, 0.2) is 17.3 Å². The summed E-state index contributed by atoms with van der Waals surface area (Å²) in [5.41, 5.74) is 1.73. The average Bonchev–Trinajstić information content (AvgIpc) is 3.47. The molecule has 4 rings (SSSR count). The fourth-order valence-corrected chi connectivity index (χ4v) is 4.42. The number of amides is 1. The van der Waals surface area contributed by atoms with E-state index < -0.39 is 0 Å². The monoisotopic (exact) mass is 449 g/mol. The third kappa shape index (κ3) is 4.45. The number of aryl methyl sites for hydroxylation is 1. The second-order valence-electron chi connectivity index (χ2n) is 6.95. The minimum Gasteiger partial charge on any atom is -0.493 e. The van der Waals surface area contributed by atoms with E-state index in [4.69, 9.17) is 13.9 Å². The number of carbonyl (C=O) groups excluding carboxylic acids is 1. The van der Waals surface area contributed by atoms with Gasteiger partial charge in [0.1, 0.15) is 10.8 Å². The van der Waals surface area contributed by atoms with Gasteiger partial charge in [-0.05, 0) is 43.3 Å². The smallest absolute Gasteiger partial charge is 0.291 e. The van der Waals surface area contributed by atoms with E-state index in [1.165, 1.54) is 17.6 Å². The van der Waals surface area contributed by atoms with Gasteiger partial charge < -0.3 is 24.5 Å². The number of thiophene rings is 1. The molecule has 32 heavy (non-hydrogen) atoms. The zero-order valence-corrected chi connectivity index (χ0v) is 18.7. The Morgan fingerprint density at radius 3 is 2.62 bits per heavy atom. The van der Waals surface area contributed by atoms with E-state index >= 15 is 0 Å². The molecule has 0 bridgehead atoms. The zero-order chi connectivity index (χ0) is 22.5. The first-order valence-electron chi connectivity index (χ1n) is 9.94. The number of ether oxygens (including phenoxy) is 2. The van der Waals surface area contributed by atoms with Crippen LogP contribution in [-0.4, -0.2) is 25.1 Å². The summed E-state index contributed by atoms with van der Waals surface area (Å²) in [7, 11) is 3.21. The van der Waals surface area contributed by atoms with Crippen molar-refractivity contribution in [3.05, 3.63) is 88.8 Å². The van der Waals surface area contributed by atoms with Crippen molar-refractivity contribution < 1.29 is 18.7 Å². The highest BCUT2D eigenvalue weighted by Crippen LogP contribution is 2.43. The largest absolute Gasteiger partial charge is 0.493 e. The van der Waals surface area contributed by atoms with Crippen molar-refractivity contribution in [2.75, 3.05) is 24.9 Å². The summed E-state index contributed by atoms with van der Waals surface area (Å²) in [5, 5.41) is 7.18. The van der Waals surface area contributed by atoms with Crippen molar-refractivity contribution in [2.24, 2.45) is 0 Å². The molecule has 0 saturated carbocycles. The van der Waals surface area contributed by atoms with Gasteiger partial charge >= 0.3 is 0 Å². The number of aromatic nitrogens is 1. The maximum Gasteiger partial charge on any atom is 0.291 e. The highest BCUT2D eigenvalue weighted by Gasteiger charge is 2.26. The van der Waals surface area contributed by atoms with Crippen molar-refractivity contribution in [3.8, 4) is 11.5 Å². The Hall–Kier alpha value is -3.78. The Morgan fingerprint density at radius 2 is 1.94 bits per heavy atom. The molecule has 0 radical (unpaired) electrons. The molecule has 1 atom stereocenters. The summed E-state index contributed by atoms with van der Waals surface area (Å²) in [6.07, 6.45) is 3.20. The number of para-hydroxylation sites is 1. The molecular formula is C24H23N3O4S. The Labute approximate surface area is 190 Å². The third-order valence-electron chi connectivity index (χ3n) is 4.87. The Kier molecular flexibility index (Phi) is 6.42. The first-order valence-corrected chi connectivity index (χ1v) is 10.8. The van der Waals surface area contributed by atoms with E-state index in [9.17, 15) is 4.79 Å². The number of hydrogen-bond acceptors (Lipinski definition) is 7. The predicted octanol–water partition coefficient (Wildman–Crippen LogP) is 5.52. The summed E-state index contributed by atoms with van der Waals surface area (Å²) in [5.74, 6) is 1.85. The number of rotatable bonds is 8. The van der Waals surface area contributed by atoms with Crippen molar-refractivity contribution in [1.82, 2.24) is 4.98 Å². The molecule has 0 fully saturated rings. The van der Waals surface area contributed by atoms with Gasteiger partial charge in [-0.2, -0.15) is 0 Å². The maximum atomic E-state index is 12.7. The van der Waals surface area contributed by atoms with Gasteiger partial charge in [0.05, 0.1) is 26.5 Å². The van der Waals surface area contributed by atoms with Gasteiger partial charge in [-0.1, -0.05) is 18.2 Å². The molecule has 1 unspecified atom stereocenters. The van der Waals surface area contributed by atoms with Crippen LogP contribution in [0.2, 0.25) is 0 Å². The molecular weight excluding hydrogens is 426 g/mol. The highest BCUT2D eigenvalue weighted by molar-refractivity contribution is 7.16. The van der Waals surface area contributed by atoms with Gasteiger partial charge in [-0.3, -0.25) is 4.79 Å². The van der Waals surface area contributed by atoms with Crippen LogP contribution in [-0.2, 0) is 0 Å². The number of nitrogens with one attached hydrogen (secondary N) is 2. The molecule has 3 heterocycles. The number of nitrogens with zero attached hydrogens (tertiary/aromatic N) is 1. The molecule has 1 aromatic carbocycles. The normalized spacial score (nSPS) is 11.6. The molecule has 1 amide bonds. The Balaban J connectivity index is 1.80. The number of hydrogen-bond donors (Lipinski definition) is 2. The number of pyridine rings is 1. The molecule has 8 heteroatoms. The minimum absolute atomic E-state index is 0.246. The SMILES string of the molecule is COc1cccc(C(Nc2ccccn2)c2cc(C)sc2NC(=O)c2ccco2)c1OC. The molecule has 0 spiro atoms. The predicted molar refractivity (Wildman–Crippen MR) is 125 cm³/mol. The first kappa shape index (κ1) is 21.5. The second kappa shape index (κ2) is 9.57. The fraction of sp³-hybridized carbons (Fsp3) is 0.167. The minimum atomic E-state index is -0.369. The summed E-state index contributed by atoms with van der Waals surface area (Å²) in [6.45, 7) is 2.00. The molecule has 7 nitrogen and oxygen atoms in total. The summed E-state index contributed by atoms with van der Waals surface area (Å²) >= 11 is 1.49. The van der Waals surface area contributed by atoms with Crippen LogP contribution < -0.4 is 20.1 Å². The lowest BCUT2D eigenvalue weighted by molar-refractivity contribution is 0.0997. The lowest BCUT2D eigenvalue weighted by atomic mass is 9.98. The standard InChI is InChI=1S/C24H23N3O4S/c1-15-14-17(24(32-15)27-23(28)19-10-7-13-31-19)21(26-20-11-4-5-12-25-20)16-8-6-9-18(29-2)22(16)30-3/h4-14,21H,1-3H3,(H,25,26)(H,27,28). The van der Waals surface area contributed by atoms with Crippen molar-refractivity contribution in [1.29, 1.82) is 0 Å². The highest BCUT2D eigenvalue weighted by atomic mass is 32.1. The van der Waals surface area contributed by atoms with Crippen molar-refractivity contribution >= 4 is 28.1 Å². The molecule has 164 valence electrons. The number of methoxy groups -OCH3 is 2. The molecule has 0 aliphatic carbocycles. The number of carbonyl (C=O) groups is 1. The van der Waals surface area contributed by atoms with Crippen LogP contribution in [0.1, 0.15) is 32.6 Å². The van der Waals surface area contributed by atoms with E-state index in [0.717, 1.165) is 16.0 Å². The van der Waals surface area contributed by atoms with Crippen molar-refractivity contribution in [2.45, 2.75) is 13.0 Å². The fourth-order valence-electron chi connectivity index (χ4n) is 3.48. The van der Waals surface area contributed by atoms with E-state index in [1.807, 2.05) is 49.4 Å². The number of furan rings is 1. The Morgan fingerprint density at radius 1 is 1.06 bits per heavy atom. The van der Waals surface area contributed by atoms with Crippen LogP contribution in [0, 0.1) is 6.92 Å². The van der Waals surface area contributed by atoms with Crippen LogP contribution in [0.4, 0.5) is 10.8 Å². The van der Waals surface area contributed by atoms with Crippen molar-refractivity contribution in [3.63, 3.8) is 0 Å². The molecule has 2 N–H and O–H groups in total. The van der Waals surface area contributed by atoms with Crippen LogP contribution >= 0.6 is 11.3 Å². The molecule has 0 aliphatic rings. The van der Waals surface area contributed by atoms with E-state index in [0.29, 0.717) is 22.3 Å². The second-order valence-corrected chi connectivity index (χ2v) is 8.20. The van der Waals surface area contributed by atoms with Gasteiger partial charge in [-0.15, -0.1) is 11.3 Å². The van der Waals surface area contributed by atoms with E-state index in [-0.39, 0.29) is 17.7 Å². The molecule has 3 aromatic heterocycles. The van der Waals surface area contributed by atoms with Gasteiger partial charge in [0, 0.05) is 22.2 Å². The van der Waals surface area contributed by atoms with Gasteiger partial charge in [0.2, 0.25) is 0 Å².